The van der Waals surface area contributed by atoms with E-state index in [1.165, 1.54) is 6.33 Å². The zero-order chi connectivity index (χ0) is 22.9. The molecule has 4 aromatic rings. The average Bonchev–Trinajstić information content (AvgIpc) is 3.42. The quantitative estimate of drug-likeness (QED) is 0.374. The number of aromatic nitrogens is 4. The SMILES string of the molecule is Cc1cc2ccc(C[C@@H]3CC[C@@]4(O)[C@@H]3O[C@@H](n3ccc5c(N)ncnc53)[C@@H]4O)cc2nc1N. The number of benzene rings is 1. The number of aliphatic hydroxyl groups excluding tert-OH is 1. The fraction of sp³-hybridized carbons (Fsp3) is 0.375. The van der Waals surface area contributed by atoms with Gasteiger partial charge in [0.25, 0.3) is 0 Å². The number of nitrogens with zero attached hydrogens (tertiary/aromatic N) is 4. The van der Waals surface area contributed by atoms with E-state index in [4.69, 9.17) is 16.2 Å². The molecule has 1 aromatic carbocycles. The van der Waals surface area contributed by atoms with Gasteiger partial charge in [0.2, 0.25) is 0 Å². The summed E-state index contributed by atoms with van der Waals surface area (Å²) in [6, 6.07) is 10.0. The van der Waals surface area contributed by atoms with Crippen LogP contribution in [0, 0.1) is 12.8 Å². The third-order valence-electron chi connectivity index (χ3n) is 7.33. The normalized spacial score (nSPS) is 29.2. The van der Waals surface area contributed by atoms with E-state index in [1.54, 1.807) is 16.8 Å². The lowest BCUT2D eigenvalue weighted by Crippen LogP contribution is -2.45. The fourth-order valence-corrected chi connectivity index (χ4v) is 5.52. The second-order valence-corrected chi connectivity index (χ2v) is 9.32. The number of ether oxygens (including phenoxy) is 1. The number of aliphatic hydroxyl groups is 2. The molecule has 2 fully saturated rings. The van der Waals surface area contributed by atoms with E-state index in [2.05, 4.69) is 27.1 Å². The first-order valence-electron chi connectivity index (χ1n) is 11.1. The summed E-state index contributed by atoms with van der Waals surface area (Å²) < 4.78 is 8.06. The lowest BCUT2D eigenvalue weighted by Gasteiger charge is -2.26. The van der Waals surface area contributed by atoms with Gasteiger partial charge in [-0.3, -0.25) is 0 Å². The van der Waals surface area contributed by atoms with Gasteiger partial charge in [-0.25, -0.2) is 15.0 Å². The summed E-state index contributed by atoms with van der Waals surface area (Å²) in [5.74, 6) is 0.948. The second kappa shape index (κ2) is 7.11. The van der Waals surface area contributed by atoms with Crippen LogP contribution in [0.4, 0.5) is 11.6 Å². The molecule has 1 aliphatic heterocycles. The summed E-state index contributed by atoms with van der Waals surface area (Å²) >= 11 is 0. The van der Waals surface area contributed by atoms with Crippen molar-refractivity contribution in [3.05, 3.63) is 54.0 Å². The second-order valence-electron chi connectivity index (χ2n) is 9.32. The number of nitrogens with two attached hydrogens (primary N) is 2. The molecule has 5 atom stereocenters. The Morgan fingerprint density at radius 1 is 1.18 bits per heavy atom. The Labute approximate surface area is 190 Å². The molecule has 1 saturated heterocycles. The molecule has 0 radical (unpaired) electrons. The van der Waals surface area contributed by atoms with Crippen LogP contribution in [0.5, 0.6) is 0 Å². The van der Waals surface area contributed by atoms with Crippen LogP contribution in [-0.4, -0.2) is 47.5 Å². The highest BCUT2D eigenvalue weighted by atomic mass is 16.6. The topological polar surface area (TPSA) is 145 Å². The van der Waals surface area contributed by atoms with Crippen molar-refractivity contribution in [3.8, 4) is 0 Å². The molecule has 0 amide bonds. The highest BCUT2D eigenvalue weighted by Crippen LogP contribution is 2.50. The van der Waals surface area contributed by atoms with Gasteiger partial charge in [-0.15, -0.1) is 0 Å². The van der Waals surface area contributed by atoms with Crippen molar-refractivity contribution in [1.82, 2.24) is 19.5 Å². The maximum atomic E-state index is 11.4. The van der Waals surface area contributed by atoms with E-state index in [1.807, 2.05) is 19.1 Å². The number of hydrogen-bond acceptors (Lipinski definition) is 8. The Balaban J connectivity index is 1.29. The molecule has 2 aliphatic rings. The largest absolute Gasteiger partial charge is 0.385 e. The lowest BCUT2D eigenvalue weighted by molar-refractivity contribution is -0.0675. The minimum absolute atomic E-state index is 0.0522. The highest BCUT2D eigenvalue weighted by molar-refractivity contribution is 5.86. The van der Waals surface area contributed by atoms with Crippen LogP contribution in [0.1, 0.15) is 30.2 Å². The first-order valence-corrected chi connectivity index (χ1v) is 11.1. The van der Waals surface area contributed by atoms with Crippen molar-refractivity contribution in [1.29, 1.82) is 0 Å². The number of fused-ring (bicyclic) bond motifs is 3. The molecule has 170 valence electrons. The Morgan fingerprint density at radius 3 is 2.88 bits per heavy atom. The molecular weight excluding hydrogens is 420 g/mol. The minimum Gasteiger partial charge on any atom is -0.385 e. The van der Waals surface area contributed by atoms with Gasteiger partial charge in [0.1, 0.15) is 35.3 Å². The van der Waals surface area contributed by atoms with E-state index in [-0.39, 0.29) is 5.92 Å². The Morgan fingerprint density at radius 2 is 2.03 bits per heavy atom. The van der Waals surface area contributed by atoms with E-state index in [0.717, 1.165) is 28.5 Å². The molecule has 6 N–H and O–H groups in total. The molecule has 1 aliphatic carbocycles. The molecule has 0 bridgehead atoms. The van der Waals surface area contributed by atoms with Crippen molar-refractivity contribution < 1.29 is 14.9 Å². The molecule has 9 nitrogen and oxygen atoms in total. The number of hydrogen-bond donors (Lipinski definition) is 4. The van der Waals surface area contributed by atoms with Gasteiger partial charge in [-0.1, -0.05) is 12.1 Å². The van der Waals surface area contributed by atoms with Crippen LogP contribution in [0.25, 0.3) is 21.9 Å². The monoisotopic (exact) mass is 446 g/mol. The van der Waals surface area contributed by atoms with Crippen LogP contribution in [0.15, 0.2) is 42.9 Å². The molecule has 3 aromatic heterocycles. The predicted molar refractivity (Wildman–Crippen MR) is 124 cm³/mol. The van der Waals surface area contributed by atoms with Gasteiger partial charge in [0, 0.05) is 11.6 Å². The summed E-state index contributed by atoms with van der Waals surface area (Å²) in [4.78, 5) is 12.8. The highest BCUT2D eigenvalue weighted by Gasteiger charge is 2.61. The fourth-order valence-electron chi connectivity index (χ4n) is 5.52. The first-order chi connectivity index (χ1) is 15.8. The summed E-state index contributed by atoms with van der Waals surface area (Å²) in [7, 11) is 0. The molecule has 6 rings (SSSR count). The van der Waals surface area contributed by atoms with Crippen molar-refractivity contribution in [3.63, 3.8) is 0 Å². The van der Waals surface area contributed by atoms with E-state index in [9.17, 15) is 10.2 Å². The number of nitrogen functional groups attached to an aromatic ring is 2. The number of pyridine rings is 1. The molecule has 4 heterocycles. The van der Waals surface area contributed by atoms with Gasteiger partial charge in [-0.05, 0) is 61.4 Å². The van der Waals surface area contributed by atoms with Crippen molar-refractivity contribution in [2.45, 2.75) is 50.2 Å². The smallest absolute Gasteiger partial charge is 0.164 e. The summed E-state index contributed by atoms with van der Waals surface area (Å²) in [6.07, 6.45) is 2.75. The van der Waals surface area contributed by atoms with Crippen molar-refractivity contribution in [2.24, 2.45) is 5.92 Å². The molecular formula is C24H26N6O3. The maximum absolute atomic E-state index is 11.4. The summed E-state index contributed by atoms with van der Waals surface area (Å²) in [6.45, 7) is 1.95. The van der Waals surface area contributed by atoms with Gasteiger partial charge >= 0.3 is 0 Å². The molecule has 0 spiro atoms. The molecule has 9 heteroatoms. The standard InChI is InChI=1S/C24H26N6O3/c1-12-8-14-3-2-13(10-17(14)29-20(12)25)9-15-4-6-24(32)18(31)23(33-19(15)24)30-7-5-16-21(26)27-11-28-22(16)30/h2-3,5,7-8,10-11,15,18-19,23,31-32H,4,6,9H2,1H3,(H2,25,29)(H2,26,27,28)/t15-,18-,19+,23+,24-/m0/s1. The molecule has 1 saturated carbocycles. The number of aryl methyl sites for hydroxylation is 1. The van der Waals surface area contributed by atoms with Crippen LogP contribution >= 0.6 is 0 Å². The van der Waals surface area contributed by atoms with E-state index in [0.29, 0.717) is 35.5 Å². The van der Waals surface area contributed by atoms with Crippen LogP contribution in [0.2, 0.25) is 0 Å². The zero-order valence-electron chi connectivity index (χ0n) is 18.2. The van der Waals surface area contributed by atoms with Crippen molar-refractivity contribution in [2.75, 3.05) is 11.5 Å². The predicted octanol–water partition coefficient (Wildman–Crippen LogP) is 2.09. The van der Waals surface area contributed by atoms with Gasteiger partial charge in [0.15, 0.2) is 6.23 Å². The van der Waals surface area contributed by atoms with E-state index < -0.39 is 24.0 Å². The van der Waals surface area contributed by atoms with Gasteiger partial charge in [-0.2, -0.15) is 0 Å². The van der Waals surface area contributed by atoms with Crippen LogP contribution < -0.4 is 11.5 Å². The minimum atomic E-state index is -1.32. The van der Waals surface area contributed by atoms with E-state index >= 15 is 0 Å². The van der Waals surface area contributed by atoms with Crippen LogP contribution in [0.3, 0.4) is 0 Å². The maximum Gasteiger partial charge on any atom is 0.164 e. The lowest BCUT2D eigenvalue weighted by atomic mass is 9.90. The third kappa shape index (κ3) is 3.00. The average molecular weight is 447 g/mol. The zero-order valence-corrected chi connectivity index (χ0v) is 18.2. The van der Waals surface area contributed by atoms with Gasteiger partial charge in [0.05, 0.1) is 17.0 Å². The van der Waals surface area contributed by atoms with Crippen LogP contribution in [-0.2, 0) is 11.2 Å². The Hall–Kier alpha value is -3.27. The summed E-state index contributed by atoms with van der Waals surface area (Å²) in [5.41, 5.74) is 14.1. The summed E-state index contributed by atoms with van der Waals surface area (Å²) in [5, 5.41) is 24.2. The number of anilines is 2. The van der Waals surface area contributed by atoms with Gasteiger partial charge < -0.3 is 31.0 Å². The molecule has 33 heavy (non-hydrogen) atoms. The Kier molecular flexibility index (Phi) is 4.39. The third-order valence-corrected chi connectivity index (χ3v) is 7.33. The first kappa shape index (κ1) is 20.3. The molecule has 0 unspecified atom stereocenters. The Bertz CT molecular complexity index is 1390. The number of rotatable bonds is 3. The van der Waals surface area contributed by atoms with Crippen molar-refractivity contribution >= 4 is 33.6 Å².